The van der Waals surface area contributed by atoms with Gasteiger partial charge in [0.2, 0.25) is 0 Å². The van der Waals surface area contributed by atoms with E-state index < -0.39 is 0 Å². The highest BCUT2D eigenvalue weighted by Crippen LogP contribution is 2.50. The van der Waals surface area contributed by atoms with E-state index in [1.165, 1.54) is 51.5 Å². The number of hydrogen-bond donors (Lipinski definition) is 0. The molecule has 14 heavy (non-hydrogen) atoms. The summed E-state index contributed by atoms with van der Waals surface area (Å²) in [6, 6.07) is 0.973. The van der Waals surface area contributed by atoms with E-state index in [1.54, 1.807) is 0 Å². The molecule has 1 aliphatic heterocycles. The van der Waals surface area contributed by atoms with Crippen molar-refractivity contribution in [3.8, 4) is 0 Å². The van der Waals surface area contributed by atoms with Crippen molar-refractivity contribution >= 4 is 0 Å². The third kappa shape index (κ3) is 1.25. The molecule has 1 nitrogen and oxygen atoms in total. The molecule has 1 saturated heterocycles. The summed E-state index contributed by atoms with van der Waals surface area (Å²) >= 11 is 0. The Morgan fingerprint density at radius 1 is 1.21 bits per heavy atom. The average molecular weight is 191 g/mol. The highest BCUT2D eigenvalue weighted by Gasteiger charge is 2.50. The van der Waals surface area contributed by atoms with Gasteiger partial charge in [0.25, 0.3) is 0 Å². The minimum atomic E-state index is 0.637. The lowest BCUT2D eigenvalue weighted by molar-refractivity contribution is -0.0358. The Hall–Kier alpha value is -0.300. The first-order chi connectivity index (χ1) is 6.84. The Morgan fingerprint density at radius 3 is 2.50 bits per heavy atom. The summed E-state index contributed by atoms with van der Waals surface area (Å²) in [6.07, 6.45) is 12.3. The molecule has 0 aromatic carbocycles. The Kier molecular flexibility index (Phi) is 1.98. The van der Waals surface area contributed by atoms with Gasteiger partial charge in [-0.1, -0.05) is 6.08 Å². The van der Waals surface area contributed by atoms with Gasteiger partial charge in [-0.3, -0.25) is 4.90 Å². The van der Waals surface area contributed by atoms with Gasteiger partial charge in [0.1, 0.15) is 0 Å². The molecular weight excluding hydrogens is 170 g/mol. The minimum absolute atomic E-state index is 0.637. The van der Waals surface area contributed by atoms with Gasteiger partial charge >= 0.3 is 0 Å². The Labute approximate surface area is 87.2 Å². The van der Waals surface area contributed by atoms with E-state index in [9.17, 15) is 0 Å². The van der Waals surface area contributed by atoms with Crippen molar-refractivity contribution in [2.24, 2.45) is 5.92 Å². The highest BCUT2D eigenvalue weighted by atomic mass is 15.3. The second-order valence-corrected chi connectivity index (χ2v) is 5.49. The Morgan fingerprint density at radius 2 is 2.00 bits per heavy atom. The van der Waals surface area contributed by atoms with Crippen LogP contribution in [0.4, 0.5) is 0 Å². The summed E-state index contributed by atoms with van der Waals surface area (Å²) in [5, 5.41) is 0. The van der Waals surface area contributed by atoms with E-state index in [0.29, 0.717) is 5.54 Å². The van der Waals surface area contributed by atoms with Gasteiger partial charge in [0.15, 0.2) is 0 Å². The van der Waals surface area contributed by atoms with Crippen molar-refractivity contribution in [2.75, 3.05) is 6.54 Å². The second kappa shape index (κ2) is 3.10. The van der Waals surface area contributed by atoms with Crippen LogP contribution in [0.5, 0.6) is 0 Å². The molecule has 1 heterocycles. The lowest BCUT2D eigenvalue weighted by atomic mass is 9.67. The number of nitrogens with zero attached hydrogens (tertiary/aromatic N) is 1. The first-order valence-electron chi connectivity index (χ1n) is 6.23. The molecule has 1 heteroatoms. The van der Waals surface area contributed by atoms with Crippen LogP contribution in [0.2, 0.25) is 0 Å². The zero-order valence-corrected chi connectivity index (χ0v) is 9.04. The molecule has 3 aliphatic rings. The normalized spacial score (nSPS) is 36.7. The molecule has 0 amide bonds. The molecule has 3 rings (SSSR count). The van der Waals surface area contributed by atoms with Gasteiger partial charge < -0.3 is 0 Å². The van der Waals surface area contributed by atoms with Crippen molar-refractivity contribution in [1.82, 2.24) is 4.90 Å². The third-order valence-electron chi connectivity index (χ3n) is 4.60. The fourth-order valence-corrected chi connectivity index (χ4v) is 3.48. The number of likely N-dealkylation sites (tertiary alicyclic amines) is 1. The maximum absolute atomic E-state index is 3.98. The van der Waals surface area contributed by atoms with Crippen LogP contribution >= 0.6 is 0 Å². The molecule has 0 radical (unpaired) electrons. The molecule has 1 atom stereocenters. The molecule has 0 bridgehead atoms. The summed E-state index contributed by atoms with van der Waals surface area (Å²) in [5.41, 5.74) is 0.637. The van der Waals surface area contributed by atoms with Gasteiger partial charge in [-0.25, -0.2) is 0 Å². The van der Waals surface area contributed by atoms with Crippen molar-refractivity contribution in [1.29, 1.82) is 0 Å². The number of hydrogen-bond acceptors (Lipinski definition) is 1. The molecule has 0 aromatic rings. The SMILES string of the molecule is C=C[C@@H]1CCN(C2CC2)C2(CCC2)C1. The van der Waals surface area contributed by atoms with Crippen LogP contribution in [0.15, 0.2) is 12.7 Å². The topological polar surface area (TPSA) is 3.24 Å². The van der Waals surface area contributed by atoms with E-state index in [2.05, 4.69) is 17.6 Å². The quantitative estimate of drug-likeness (QED) is 0.607. The largest absolute Gasteiger partial charge is 0.295 e. The van der Waals surface area contributed by atoms with Gasteiger partial charge in [0, 0.05) is 11.6 Å². The maximum atomic E-state index is 3.98. The fraction of sp³-hybridized carbons (Fsp3) is 0.846. The third-order valence-corrected chi connectivity index (χ3v) is 4.60. The van der Waals surface area contributed by atoms with Crippen molar-refractivity contribution in [3.05, 3.63) is 12.7 Å². The van der Waals surface area contributed by atoms with E-state index in [0.717, 1.165) is 12.0 Å². The van der Waals surface area contributed by atoms with Gasteiger partial charge in [-0.2, -0.15) is 0 Å². The van der Waals surface area contributed by atoms with E-state index in [4.69, 9.17) is 0 Å². The van der Waals surface area contributed by atoms with E-state index in [-0.39, 0.29) is 0 Å². The van der Waals surface area contributed by atoms with E-state index in [1.807, 2.05) is 0 Å². The second-order valence-electron chi connectivity index (χ2n) is 5.49. The summed E-state index contributed by atoms with van der Waals surface area (Å²) < 4.78 is 0. The molecule has 1 spiro atoms. The minimum Gasteiger partial charge on any atom is -0.295 e. The van der Waals surface area contributed by atoms with Crippen molar-refractivity contribution in [3.63, 3.8) is 0 Å². The monoisotopic (exact) mass is 191 g/mol. The summed E-state index contributed by atoms with van der Waals surface area (Å²) in [5.74, 6) is 0.810. The molecule has 78 valence electrons. The van der Waals surface area contributed by atoms with Gasteiger partial charge in [-0.15, -0.1) is 6.58 Å². The predicted molar refractivity (Wildman–Crippen MR) is 59.2 cm³/mol. The zero-order valence-electron chi connectivity index (χ0n) is 9.04. The molecule has 0 N–H and O–H groups in total. The molecule has 2 aliphatic carbocycles. The van der Waals surface area contributed by atoms with Crippen LogP contribution < -0.4 is 0 Å². The van der Waals surface area contributed by atoms with Gasteiger partial charge in [-0.05, 0) is 57.4 Å². The van der Waals surface area contributed by atoms with Crippen LogP contribution in [0.1, 0.15) is 44.9 Å². The summed E-state index contributed by atoms with van der Waals surface area (Å²) in [4.78, 5) is 2.86. The molecule has 3 fully saturated rings. The Balaban J connectivity index is 1.76. The van der Waals surface area contributed by atoms with Crippen molar-refractivity contribution in [2.45, 2.75) is 56.5 Å². The number of piperidine rings is 1. The standard InChI is InChI=1S/C13H21N/c1-2-11-6-9-14(12-4-5-12)13(10-11)7-3-8-13/h2,11-12H,1,3-10H2/t11-/m1/s1. The van der Waals surface area contributed by atoms with E-state index >= 15 is 0 Å². The van der Waals surface area contributed by atoms with Crippen LogP contribution in [-0.4, -0.2) is 23.0 Å². The van der Waals surface area contributed by atoms with Crippen LogP contribution in [-0.2, 0) is 0 Å². The van der Waals surface area contributed by atoms with Gasteiger partial charge in [0.05, 0.1) is 0 Å². The first-order valence-corrected chi connectivity index (χ1v) is 6.23. The van der Waals surface area contributed by atoms with Crippen LogP contribution in [0.25, 0.3) is 0 Å². The molecule has 0 unspecified atom stereocenters. The number of allylic oxidation sites excluding steroid dienone is 1. The first kappa shape index (κ1) is 8.96. The highest BCUT2D eigenvalue weighted by molar-refractivity contribution is 5.08. The molecule has 0 aromatic heterocycles. The summed E-state index contributed by atoms with van der Waals surface area (Å²) in [6.45, 7) is 5.32. The Bertz CT molecular complexity index is 238. The molecular formula is C13H21N. The number of rotatable bonds is 2. The smallest absolute Gasteiger partial charge is 0.0218 e. The zero-order chi connectivity index (χ0) is 9.60. The fourth-order valence-electron chi connectivity index (χ4n) is 3.48. The molecule has 2 saturated carbocycles. The average Bonchev–Trinajstić information content (AvgIpc) is 2.97. The predicted octanol–water partition coefficient (Wildman–Crippen LogP) is 2.97. The van der Waals surface area contributed by atoms with Crippen LogP contribution in [0.3, 0.4) is 0 Å². The lowest BCUT2D eigenvalue weighted by Crippen LogP contribution is -2.58. The maximum Gasteiger partial charge on any atom is 0.0218 e. The lowest BCUT2D eigenvalue weighted by Gasteiger charge is -2.55. The van der Waals surface area contributed by atoms with Crippen molar-refractivity contribution < 1.29 is 0 Å². The summed E-state index contributed by atoms with van der Waals surface area (Å²) in [7, 11) is 0. The van der Waals surface area contributed by atoms with Crippen LogP contribution in [0, 0.1) is 5.92 Å².